The van der Waals surface area contributed by atoms with Crippen LogP contribution in [0, 0.1) is 13.8 Å². The molecule has 0 saturated heterocycles. The van der Waals surface area contributed by atoms with Gasteiger partial charge in [-0.2, -0.15) is 5.10 Å². The van der Waals surface area contributed by atoms with Crippen molar-refractivity contribution in [3.63, 3.8) is 0 Å². The molecule has 0 radical (unpaired) electrons. The number of nitrogens with one attached hydrogen (secondary N) is 1. The molecular weight excluding hydrogens is 410 g/mol. The second-order valence-electron chi connectivity index (χ2n) is 7.09. The molecule has 0 fully saturated rings. The Morgan fingerprint density at radius 3 is 2.48 bits per heavy atom. The van der Waals surface area contributed by atoms with Gasteiger partial charge < -0.3 is 0 Å². The molecular formula is C23H18ClN7. The summed E-state index contributed by atoms with van der Waals surface area (Å²) in [7, 11) is 0. The molecule has 0 atom stereocenters. The van der Waals surface area contributed by atoms with Crippen LogP contribution in [0.1, 0.15) is 11.4 Å². The number of nitrogens with zero attached hydrogens (tertiary/aromatic N) is 6. The average Bonchev–Trinajstić information content (AvgIpc) is 3.16. The first-order valence-electron chi connectivity index (χ1n) is 9.73. The summed E-state index contributed by atoms with van der Waals surface area (Å²) < 4.78 is 1.81. The van der Waals surface area contributed by atoms with E-state index in [1.165, 1.54) is 0 Å². The first kappa shape index (κ1) is 19.1. The van der Waals surface area contributed by atoms with E-state index in [0.717, 1.165) is 39.2 Å². The van der Waals surface area contributed by atoms with Gasteiger partial charge in [-0.1, -0.05) is 29.8 Å². The van der Waals surface area contributed by atoms with E-state index in [-0.39, 0.29) is 0 Å². The Kier molecular flexibility index (Phi) is 4.80. The van der Waals surface area contributed by atoms with Crippen molar-refractivity contribution in [2.45, 2.75) is 13.8 Å². The molecule has 3 heterocycles. The third kappa shape index (κ3) is 3.83. The molecule has 152 valence electrons. The van der Waals surface area contributed by atoms with Crippen molar-refractivity contribution in [1.82, 2.24) is 29.7 Å². The Morgan fingerprint density at radius 1 is 0.839 bits per heavy atom. The summed E-state index contributed by atoms with van der Waals surface area (Å²) in [6.07, 6.45) is 3.65. The quantitative estimate of drug-likeness (QED) is 0.420. The van der Waals surface area contributed by atoms with E-state index in [1.54, 1.807) is 6.20 Å². The highest BCUT2D eigenvalue weighted by Gasteiger charge is 2.12. The monoisotopic (exact) mass is 427 g/mol. The van der Waals surface area contributed by atoms with Crippen molar-refractivity contribution in [3.8, 4) is 16.9 Å². The molecule has 8 heteroatoms. The van der Waals surface area contributed by atoms with E-state index < -0.39 is 0 Å². The first-order valence-corrected chi connectivity index (χ1v) is 10.1. The Hall–Kier alpha value is -3.84. The zero-order chi connectivity index (χ0) is 21.4. The van der Waals surface area contributed by atoms with Gasteiger partial charge in [-0.05, 0) is 50.2 Å². The highest BCUT2D eigenvalue weighted by molar-refractivity contribution is 6.30. The number of aryl methyl sites for hydroxylation is 2. The lowest BCUT2D eigenvalue weighted by molar-refractivity contribution is 0.863. The number of hydrogen-bond acceptors (Lipinski definition) is 6. The number of halogens is 1. The fourth-order valence-electron chi connectivity index (χ4n) is 3.40. The minimum Gasteiger partial charge on any atom is -0.293 e. The number of rotatable bonds is 4. The molecule has 0 bridgehead atoms. The predicted molar refractivity (Wildman–Crippen MR) is 122 cm³/mol. The van der Waals surface area contributed by atoms with Crippen LogP contribution >= 0.6 is 11.6 Å². The maximum absolute atomic E-state index is 5.99. The standard InChI is InChI=1S/C23H18ClN7/c1-14-18-5-3-4-6-20(18)28-23(26-14)29-22-25-12-11-21(27-22)19-13-31(30-15(19)2)17-9-7-16(24)8-10-17/h3-13H,1-2H3,(H,25,26,27,28,29). The summed E-state index contributed by atoms with van der Waals surface area (Å²) in [5.41, 5.74) is 5.21. The van der Waals surface area contributed by atoms with E-state index in [0.29, 0.717) is 16.9 Å². The van der Waals surface area contributed by atoms with Gasteiger partial charge in [0, 0.05) is 28.4 Å². The number of para-hydroxylation sites is 1. The summed E-state index contributed by atoms with van der Waals surface area (Å²) in [5, 5.41) is 9.45. The first-order chi connectivity index (χ1) is 15.1. The fourth-order valence-corrected chi connectivity index (χ4v) is 3.52. The third-order valence-corrected chi connectivity index (χ3v) is 5.19. The Balaban J connectivity index is 1.46. The highest BCUT2D eigenvalue weighted by Crippen LogP contribution is 2.24. The third-order valence-electron chi connectivity index (χ3n) is 4.94. The van der Waals surface area contributed by atoms with Crippen molar-refractivity contribution >= 4 is 34.4 Å². The second kappa shape index (κ2) is 7.77. The smallest absolute Gasteiger partial charge is 0.230 e. The van der Waals surface area contributed by atoms with E-state index >= 15 is 0 Å². The Morgan fingerprint density at radius 2 is 1.65 bits per heavy atom. The lowest BCUT2D eigenvalue weighted by Crippen LogP contribution is -2.03. The zero-order valence-electron chi connectivity index (χ0n) is 16.9. The number of fused-ring (bicyclic) bond motifs is 1. The van der Waals surface area contributed by atoms with Crippen LogP contribution in [0.15, 0.2) is 67.0 Å². The van der Waals surface area contributed by atoms with Crippen LogP contribution in [0.5, 0.6) is 0 Å². The van der Waals surface area contributed by atoms with E-state index in [2.05, 4.69) is 30.4 Å². The van der Waals surface area contributed by atoms with Crippen LogP contribution in [0.2, 0.25) is 5.02 Å². The van der Waals surface area contributed by atoms with Gasteiger partial charge >= 0.3 is 0 Å². The number of hydrogen-bond donors (Lipinski definition) is 1. The number of anilines is 2. The summed E-state index contributed by atoms with van der Waals surface area (Å²) >= 11 is 5.99. The molecule has 3 aromatic heterocycles. The van der Waals surface area contributed by atoms with Crippen molar-refractivity contribution in [2.75, 3.05) is 5.32 Å². The second-order valence-corrected chi connectivity index (χ2v) is 7.53. The molecule has 1 N–H and O–H groups in total. The fraction of sp³-hybridized carbons (Fsp3) is 0.0870. The minimum atomic E-state index is 0.422. The average molecular weight is 428 g/mol. The van der Waals surface area contributed by atoms with Gasteiger partial charge in [-0.15, -0.1) is 0 Å². The minimum absolute atomic E-state index is 0.422. The van der Waals surface area contributed by atoms with Gasteiger partial charge in [0.25, 0.3) is 0 Å². The molecule has 5 aromatic rings. The van der Waals surface area contributed by atoms with Crippen LogP contribution in [0.4, 0.5) is 11.9 Å². The van der Waals surface area contributed by atoms with Crippen molar-refractivity contribution in [1.29, 1.82) is 0 Å². The number of benzene rings is 2. The highest BCUT2D eigenvalue weighted by atomic mass is 35.5. The lowest BCUT2D eigenvalue weighted by Gasteiger charge is -2.07. The molecule has 7 nitrogen and oxygen atoms in total. The molecule has 0 saturated carbocycles. The van der Waals surface area contributed by atoms with Gasteiger partial charge in [0.1, 0.15) is 0 Å². The topological polar surface area (TPSA) is 81.4 Å². The summed E-state index contributed by atoms with van der Waals surface area (Å²) in [6.45, 7) is 3.91. The summed E-state index contributed by atoms with van der Waals surface area (Å²) in [6, 6.07) is 17.3. The summed E-state index contributed by atoms with van der Waals surface area (Å²) in [4.78, 5) is 18.1. The van der Waals surface area contributed by atoms with Gasteiger partial charge in [-0.25, -0.2) is 24.6 Å². The van der Waals surface area contributed by atoms with Gasteiger partial charge in [0.2, 0.25) is 11.9 Å². The predicted octanol–water partition coefficient (Wildman–Crippen LogP) is 5.29. The van der Waals surface area contributed by atoms with Crippen LogP contribution in [0.25, 0.3) is 27.8 Å². The van der Waals surface area contributed by atoms with Crippen LogP contribution in [0.3, 0.4) is 0 Å². The SMILES string of the molecule is Cc1nn(-c2ccc(Cl)cc2)cc1-c1ccnc(Nc2nc(C)c3ccccc3n2)n1. The molecule has 0 unspecified atom stereocenters. The Labute approximate surface area is 183 Å². The van der Waals surface area contributed by atoms with Crippen molar-refractivity contribution in [2.24, 2.45) is 0 Å². The maximum atomic E-state index is 5.99. The largest absolute Gasteiger partial charge is 0.293 e. The van der Waals surface area contributed by atoms with E-state index in [1.807, 2.05) is 79.3 Å². The van der Waals surface area contributed by atoms with E-state index in [9.17, 15) is 0 Å². The van der Waals surface area contributed by atoms with Crippen LogP contribution < -0.4 is 5.32 Å². The van der Waals surface area contributed by atoms with Crippen LogP contribution in [-0.4, -0.2) is 29.7 Å². The van der Waals surface area contributed by atoms with Crippen molar-refractivity contribution < 1.29 is 0 Å². The molecule has 0 aliphatic rings. The number of aromatic nitrogens is 6. The van der Waals surface area contributed by atoms with Gasteiger partial charge in [0.05, 0.1) is 28.3 Å². The van der Waals surface area contributed by atoms with Gasteiger partial charge in [0.15, 0.2) is 0 Å². The molecule has 0 spiro atoms. The van der Waals surface area contributed by atoms with E-state index in [4.69, 9.17) is 11.6 Å². The van der Waals surface area contributed by atoms with Crippen molar-refractivity contribution in [3.05, 3.63) is 83.4 Å². The molecule has 0 amide bonds. The normalized spacial score (nSPS) is 11.1. The van der Waals surface area contributed by atoms with Crippen LogP contribution in [-0.2, 0) is 0 Å². The molecule has 0 aliphatic carbocycles. The molecule has 2 aromatic carbocycles. The molecule has 31 heavy (non-hydrogen) atoms. The molecule has 5 rings (SSSR count). The summed E-state index contributed by atoms with van der Waals surface area (Å²) in [5.74, 6) is 0.882. The lowest BCUT2D eigenvalue weighted by atomic mass is 10.2. The molecule has 0 aliphatic heterocycles. The Bertz CT molecular complexity index is 1390. The zero-order valence-corrected chi connectivity index (χ0v) is 17.7. The maximum Gasteiger partial charge on any atom is 0.230 e. The van der Waals surface area contributed by atoms with Gasteiger partial charge in [-0.3, -0.25) is 5.32 Å².